The van der Waals surface area contributed by atoms with Crippen molar-refractivity contribution in [3.05, 3.63) is 66.7 Å². The lowest BCUT2D eigenvalue weighted by atomic mass is 10.1. The Kier molecular flexibility index (Phi) is 5.56. The first kappa shape index (κ1) is 19.1. The third kappa shape index (κ3) is 4.14. The van der Waals surface area contributed by atoms with E-state index in [1.807, 2.05) is 66.4 Å². The van der Waals surface area contributed by atoms with Gasteiger partial charge in [0.05, 0.1) is 12.8 Å². The van der Waals surface area contributed by atoms with E-state index in [0.717, 1.165) is 41.0 Å². The molecule has 1 aliphatic rings. The first-order valence-corrected chi connectivity index (χ1v) is 9.98. The van der Waals surface area contributed by atoms with Crippen molar-refractivity contribution in [2.24, 2.45) is 0 Å². The zero-order chi connectivity index (χ0) is 20.2. The number of fused-ring (bicyclic) bond motifs is 1. The summed E-state index contributed by atoms with van der Waals surface area (Å²) in [5.74, 6) is 1.61. The van der Waals surface area contributed by atoms with Crippen molar-refractivity contribution < 1.29 is 14.3 Å². The maximum Gasteiger partial charge on any atom is 0.263 e. The Hall–Kier alpha value is -3.21. The van der Waals surface area contributed by atoms with Crippen molar-refractivity contribution in [1.82, 2.24) is 4.90 Å². The number of para-hydroxylation sites is 2. The average Bonchev–Trinajstić information content (AvgIpc) is 2.78. The first-order chi connectivity index (χ1) is 14.2. The molecular weight excluding hydrogens is 364 g/mol. The van der Waals surface area contributed by atoms with Crippen LogP contribution in [0.15, 0.2) is 66.7 Å². The van der Waals surface area contributed by atoms with E-state index in [4.69, 9.17) is 9.47 Å². The number of ether oxygens (including phenoxy) is 2. The molecule has 0 aromatic heterocycles. The lowest BCUT2D eigenvalue weighted by Gasteiger charge is -2.37. The number of rotatable bonds is 5. The number of methoxy groups -OCH3 is 1. The fraction of sp³-hybridized carbons (Fsp3) is 0.292. The van der Waals surface area contributed by atoms with E-state index in [9.17, 15) is 4.79 Å². The number of anilines is 1. The van der Waals surface area contributed by atoms with Crippen molar-refractivity contribution in [3.8, 4) is 11.5 Å². The fourth-order valence-electron chi connectivity index (χ4n) is 3.81. The van der Waals surface area contributed by atoms with Crippen LogP contribution in [-0.2, 0) is 4.79 Å². The summed E-state index contributed by atoms with van der Waals surface area (Å²) in [5, 5.41) is 2.27. The Morgan fingerprint density at radius 3 is 2.34 bits per heavy atom. The molecule has 1 heterocycles. The highest BCUT2D eigenvalue weighted by atomic mass is 16.5. The van der Waals surface area contributed by atoms with Crippen molar-refractivity contribution in [1.29, 1.82) is 0 Å². The summed E-state index contributed by atoms with van der Waals surface area (Å²) in [6, 6.07) is 22.1. The largest absolute Gasteiger partial charge is 0.495 e. The van der Waals surface area contributed by atoms with Crippen molar-refractivity contribution in [3.63, 3.8) is 0 Å². The second-order valence-electron chi connectivity index (χ2n) is 7.25. The quantitative estimate of drug-likeness (QED) is 0.661. The minimum Gasteiger partial charge on any atom is -0.495 e. The monoisotopic (exact) mass is 390 g/mol. The highest BCUT2D eigenvalue weighted by Crippen LogP contribution is 2.28. The molecule has 1 fully saturated rings. The Labute approximate surface area is 171 Å². The van der Waals surface area contributed by atoms with Gasteiger partial charge in [0.1, 0.15) is 11.5 Å². The Morgan fingerprint density at radius 2 is 1.59 bits per heavy atom. The predicted octanol–water partition coefficient (Wildman–Crippen LogP) is 3.96. The summed E-state index contributed by atoms with van der Waals surface area (Å²) in [6.07, 6.45) is -0.519. The second kappa shape index (κ2) is 8.43. The summed E-state index contributed by atoms with van der Waals surface area (Å²) in [5.41, 5.74) is 1.07. The molecule has 0 saturated carbocycles. The molecule has 29 heavy (non-hydrogen) atoms. The van der Waals surface area contributed by atoms with Crippen LogP contribution in [0.4, 0.5) is 5.69 Å². The fourth-order valence-corrected chi connectivity index (χ4v) is 3.81. The molecule has 3 aromatic rings. The van der Waals surface area contributed by atoms with Gasteiger partial charge in [0.2, 0.25) is 0 Å². The van der Waals surface area contributed by atoms with E-state index in [-0.39, 0.29) is 5.91 Å². The third-order valence-electron chi connectivity index (χ3n) is 5.40. The minimum atomic E-state index is -0.519. The predicted molar refractivity (Wildman–Crippen MR) is 116 cm³/mol. The third-order valence-corrected chi connectivity index (χ3v) is 5.40. The normalized spacial score (nSPS) is 15.2. The smallest absolute Gasteiger partial charge is 0.263 e. The van der Waals surface area contributed by atoms with Crippen LogP contribution in [-0.4, -0.2) is 50.2 Å². The number of nitrogens with zero attached hydrogens (tertiary/aromatic N) is 2. The number of hydrogen-bond acceptors (Lipinski definition) is 4. The maximum atomic E-state index is 12.9. The molecular formula is C24H26N2O3. The number of hydrogen-bond donors (Lipinski definition) is 0. The Morgan fingerprint density at radius 1 is 0.897 bits per heavy atom. The lowest BCUT2D eigenvalue weighted by Crippen LogP contribution is -2.52. The molecule has 0 N–H and O–H groups in total. The molecule has 1 atom stereocenters. The van der Waals surface area contributed by atoms with Gasteiger partial charge in [-0.25, -0.2) is 0 Å². The highest BCUT2D eigenvalue weighted by Gasteiger charge is 2.27. The van der Waals surface area contributed by atoms with E-state index < -0.39 is 6.10 Å². The van der Waals surface area contributed by atoms with Gasteiger partial charge in [0.25, 0.3) is 5.91 Å². The molecule has 150 valence electrons. The lowest BCUT2D eigenvalue weighted by molar-refractivity contribution is -0.138. The van der Waals surface area contributed by atoms with Crippen LogP contribution in [0.5, 0.6) is 11.5 Å². The molecule has 0 bridgehead atoms. The topological polar surface area (TPSA) is 42.0 Å². The van der Waals surface area contributed by atoms with E-state index in [2.05, 4.69) is 17.0 Å². The average molecular weight is 390 g/mol. The van der Waals surface area contributed by atoms with Gasteiger partial charge in [-0.05, 0) is 42.0 Å². The zero-order valence-electron chi connectivity index (χ0n) is 16.9. The van der Waals surface area contributed by atoms with Gasteiger partial charge >= 0.3 is 0 Å². The molecule has 0 spiro atoms. The molecule has 1 unspecified atom stereocenters. The maximum absolute atomic E-state index is 12.9. The summed E-state index contributed by atoms with van der Waals surface area (Å²) < 4.78 is 11.4. The van der Waals surface area contributed by atoms with Gasteiger partial charge in [-0.15, -0.1) is 0 Å². The van der Waals surface area contributed by atoms with Gasteiger partial charge in [-0.3, -0.25) is 4.79 Å². The van der Waals surface area contributed by atoms with Gasteiger partial charge in [-0.2, -0.15) is 0 Å². The van der Waals surface area contributed by atoms with Crippen LogP contribution < -0.4 is 14.4 Å². The van der Waals surface area contributed by atoms with Gasteiger partial charge in [-0.1, -0.05) is 42.5 Å². The molecule has 5 nitrogen and oxygen atoms in total. The minimum absolute atomic E-state index is 0.0258. The Bertz CT molecular complexity index is 996. The molecule has 3 aromatic carbocycles. The summed E-state index contributed by atoms with van der Waals surface area (Å²) in [4.78, 5) is 17.0. The number of amides is 1. The van der Waals surface area contributed by atoms with Crippen LogP contribution in [0.2, 0.25) is 0 Å². The summed E-state index contributed by atoms with van der Waals surface area (Å²) >= 11 is 0. The van der Waals surface area contributed by atoms with Crippen LogP contribution in [0, 0.1) is 0 Å². The number of benzene rings is 3. The highest BCUT2D eigenvalue weighted by molar-refractivity contribution is 5.84. The van der Waals surface area contributed by atoms with Gasteiger partial charge in [0.15, 0.2) is 6.10 Å². The van der Waals surface area contributed by atoms with Crippen LogP contribution in [0.3, 0.4) is 0 Å². The molecule has 4 rings (SSSR count). The van der Waals surface area contributed by atoms with E-state index in [0.29, 0.717) is 13.1 Å². The molecule has 0 radical (unpaired) electrons. The molecule has 5 heteroatoms. The zero-order valence-corrected chi connectivity index (χ0v) is 16.9. The van der Waals surface area contributed by atoms with Gasteiger partial charge in [0, 0.05) is 26.2 Å². The standard InChI is InChI=1S/C24H26N2O3/c1-18(29-21-12-11-19-7-3-4-8-20(19)17-21)24(27)26-15-13-25(14-16-26)22-9-5-6-10-23(22)28-2/h3-12,17-18H,13-16H2,1-2H3. The van der Waals surface area contributed by atoms with Crippen LogP contribution in [0.1, 0.15) is 6.92 Å². The Balaban J connectivity index is 1.37. The van der Waals surface area contributed by atoms with E-state index in [1.54, 1.807) is 7.11 Å². The van der Waals surface area contributed by atoms with E-state index in [1.165, 1.54) is 0 Å². The summed E-state index contributed by atoms with van der Waals surface area (Å²) in [6.45, 7) is 4.71. The number of carbonyl (C=O) groups is 1. The van der Waals surface area contributed by atoms with Crippen molar-refractivity contribution in [2.75, 3.05) is 38.2 Å². The number of carbonyl (C=O) groups excluding carboxylic acids is 1. The van der Waals surface area contributed by atoms with Crippen LogP contribution in [0.25, 0.3) is 10.8 Å². The SMILES string of the molecule is COc1ccccc1N1CCN(C(=O)C(C)Oc2ccc3ccccc3c2)CC1. The first-order valence-electron chi connectivity index (χ1n) is 9.98. The summed E-state index contributed by atoms with van der Waals surface area (Å²) in [7, 11) is 1.68. The van der Waals surface area contributed by atoms with E-state index >= 15 is 0 Å². The van der Waals surface area contributed by atoms with Crippen molar-refractivity contribution >= 4 is 22.4 Å². The molecule has 1 saturated heterocycles. The second-order valence-corrected chi connectivity index (χ2v) is 7.25. The van der Waals surface area contributed by atoms with Crippen molar-refractivity contribution in [2.45, 2.75) is 13.0 Å². The van der Waals surface area contributed by atoms with Crippen LogP contribution >= 0.6 is 0 Å². The van der Waals surface area contributed by atoms with Gasteiger partial charge < -0.3 is 19.3 Å². The molecule has 1 amide bonds. The molecule has 1 aliphatic heterocycles. The molecule has 0 aliphatic carbocycles. The number of piperazine rings is 1.